The van der Waals surface area contributed by atoms with E-state index in [2.05, 4.69) is 4.98 Å². The highest BCUT2D eigenvalue weighted by Gasteiger charge is 2.37. The summed E-state index contributed by atoms with van der Waals surface area (Å²) in [4.78, 5) is 15.0. The van der Waals surface area contributed by atoms with Gasteiger partial charge >= 0.3 is 12.1 Å². The van der Waals surface area contributed by atoms with E-state index in [9.17, 15) is 18.0 Å². The molecule has 0 radical (unpaired) electrons. The van der Waals surface area contributed by atoms with Crippen molar-refractivity contribution in [2.45, 2.75) is 19.2 Å². The number of cyclic esters (lactones) is 1. The lowest BCUT2D eigenvalue weighted by atomic mass is 10.1. The van der Waals surface area contributed by atoms with Gasteiger partial charge in [-0.2, -0.15) is 13.2 Å². The van der Waals surface area contributed by atoms with Gasteiger partial charge in [0.25, 0.3) is 0 Å². The van der Waals surface area contributed by atoms with Crippen LogP contribution >= 0.6 is 11.6 Å². The van der Waals surface area contributed by atoms with Crippen LogP contribution < -0.4 is 5.73 Å². The Hall–Kier alpha value is -1.76. The Balaban J connectivity index is 2.47. The van der Waals surface area contributed by atoms with Crippen molar-refractivity contribution in [3.63, 3.8) is 0 Å². The molecule has 1 unspecified atom stereocenters. The molecule has 1 aliphatic heterocycles. The molecule has 4 nitrogen and oxygen atoms in total. The molecule has 0 aromatic carbocycles. The predicted molar refractivity (Wildman–Crippen MR) is 60.0 cm³/mol. The number of hydrogen-bond donors (Lipinski definition) is 1. The average Bonchev–Trinajstić information content (AvgIpc) is 2.56. The molecule has 1 atom stereocenters. The Bertz CT molecular complexity index is 584. The molecule has 1 aromatic heterocycles. The number of ether oxygens (including phenoxy) is 1. The van der Waals surface area contributed by atoms with Crippen molar-refractivity contribution < 1.29 is 22.7 Å². The molecule has 1 aromatic rings. The minimum Gasteiger partial charge on any atom is -0.447 e. The van der Waals surface area contributed by atoms with Crippen LogP contribution in [0, 0.1) is 0 Å². The highest BCUT2D eigenvalue weighted by molar-refractivity contribution is 6.31. The number of nitrogens with two attached hydrogens (primary N) is 1. The minimum absolute atomic E-state index is 0.0666. The standard InChI is InChI=1S/C11H8ClF3N2O2/c1-4-8(16)10(18)19-9(4)7-2-5(11(13,14)15)6(12)3-17-7/h2-3,9H,16H2,1H3. The second kappa shape index (κ2) is 4.41. The normalized spacial score (nSPS) is 19.8. The summed E-state index contributed by atoms with van der Waals surface area (Å²) in [6.45, 7) is 1.49. The van der Waals surface area contributed by atoms with E-state index in [4.69, 9.17) is 22.1 Å². The molecule has 19 heavy (non-hydrogen) atoms. The van der Waals surface area contributed by atoms with Crippen LogP contribution in [0.3, 0.4) is 0 Å². The van der Waals surface area contributed by atoms with Crippen LogP contribution in [0.25, 0.3) is 0 Å². The van der Waals surface area contributed by atoms with Crippen molar-refractivity contribution in [2.75, 3.05) is 0 Å². The second-order valence-electron chi connectivity index (χ2n) is 3.97. The molecule has 0 saturated carbocycles. The third-order valence-electron chi connectivity index (χ3n) is 2.71. The first kappa shape index (κ1) is 13.7. The summed E-state index contributed by atoms with van der Waals surface area (Å²) >= 11 is 5.45. The summed E-state index contributed by atoms with van der Waals surface area (Å²) < 4.78 is 43.0. The molecular weight excluding hydrogens is 285 g/mol. The molecule has 2 N–H and O–H groups in total. The highest BCUT2D eigenvalue weighted by Crippen LogP contribution is 2.38. The maximum atomic E-state index is 12.7. The maximum absolute atomic E-state index is 12.7. The monoisotopic (exact) mass is 292 g/mol. The highest BCUT2D eigenvalue weighted by atomic mass is 35.5. The van der Waals surface area contributed by atoms with Gasteiger partial charge in [0.15, 0.2) is 6.10 Å². The molecule has 0 aliphatic carbocycles. The lowest BCUT2D eigenvalue weighted by molar-refractivity contribution is -0.140. The predicted octanol–water partition coefficient (Wildman–Crippen LogP) is 2.58. The van der Waals surface area contributed by atoms with Crippen molar-refractivity contribution in [1.29, 1.82) is 0 Å². The van der Waals surface area contributed by atoms with Crippen LogP contribution in [0.5, 0.6) is 0 Å². The summed E-state index contributed by atoms with van der Waals surface area (Å²) in [5.74, 6) is -0.771. The number of aromatic nitrogens is 1. The van der Waals surface area contributed by atoms with Crippen LogP contribution in [0.4, 0.5) is 13.2 Å². The smallest absolute Gasteiger partial charge is 0.417 e. The third-order valence-corrected chi connectivity index (χ3v) is 3.01. The lowest BCUT2D eigenvalue weighted by Crippen LogP contribution is -2.11. The Morgan fingerprint density at radius 3 is 2.58 bits per heavy atom. The SMILES string of the molecule is CC1=C(N)C(=O)OC1c1cc(C(F)(F)F)c(Cl)cn1. The van der Waals surface area contributed by atoms with Gasteiger partial charge in [-0.05, 0) is 13.0 Å². The van der Waals surface area contributed by atoms with Gasteiger partial charge in [-0.3, -0.25) is 4.98 Å². The first-order valence-corrected chi connectivity index (χ1v) is 5.49. The summed E-state index contributed by atoms with van der Waals surface area (Å²) in [7, 11) is 0. The van der Waals surface area contributed by atoms with Crippen molar-refractivity contribution in [2.24, 2.45) is 5.73 Å². The van der Waals surface area contributed by atoms with E-state index in [0.29, 0.717) is 5.57 Å². The zero-order valence-electron chi connectivity index (χ0n) is 9.58. The minimum atomic E-state index is -4.61. The fraction of sp³-hybridized carbons (Fsp3) is 0.273. The molecular formula is C11H8ClF3N2O2. The van der Waals surface area contributed by atoms with Crippen molar-refractivity contribution in [3.8, 4) is 0 Å². The molecule has 0 fully saturated rings. The van der Waals surface area contributed by atoms with E-state index >= 15 is 0 Å². The molecule has 2 rings (SSSR count). The molecule has 8 heteroatoms. The number of carbonyl (C=O) groups excluding carboxylic acids is 1. The number of nitrogens with zero attached hydrogens (tertiary/aromatic N) is 1. The Kier molecular flexibility index (Phi) is 3.17. The fourth-order valence-electron chi connectivity index (χ4n) is 1.66. The molecule has 0 bridgehead atoms. The van der Waals surface area contributed by atoms with Gasteiger partial charge in [-0.1, -0.05) is 11.6 Å². The number of carbonyl (C=O) groups is 1. The van der Waals surface area contributed by atoms with Crippen molar-refractivity contribution in [1.82, 2.24) is 4.98 Å². The number of alkyl halides is 3. The Morgan fingerprint density at radius 1 is 1.47 bits per heavy atom. The van der Waals surface area contributed by atoms with E-state index in [1.54, 1.807) is 0 Å². The number of hydrogen-bond acceptors (Lipinski definition) is 4. The molecule has 0 amide bonds. The van der Waals surface area contributed by atoms with Crippen molar-refractivity contribution >= 4 is 17.6 Å². The number of esters is 1. The lowest BCUT2D eigenvalue weighted by Gasteiger charge is -2.14. The number of pyridine rings is 1. The van der Waals surface area contributed by atoms with Gasteiger partial charge in [-0.25, -0.2) is 4.79 Å². The molecule has 2 heterocycles. The van der Waals surface area contributed by atoms with Gasteiger partial charge in [0.1, 0.15) is 5.70 Å². The van der Waals surface area contributed by atoms with E-state index in [-0.39, 0.29) is 11.4 Å². The third kappa shape index (κ3) is 2.37. The van der Waals surface area contributed by atoms with E-state index in [1.165, 1.54) is 6.92 Å². The largest absolute Gasteiger partial charge is 0.447 e. The van der Waals surface area contributed by atoms with E-state index < -0.39 is 28.8 Å². The summed E-state index contributed by atoms with van der Waals surface area (Å²) in [6, 6.07) is 0.752. The van der Waals surface area contributed by atoms with Crippen LogP contribution in [-0.2, 0) is 15.7 Å². The first-order chi connectivity index (χ1) is 8.71. The van der Waals surface area contributed by atoms with Crippen LogP contribution in [0.15, 0.2) is 23.5 Å². The van der Waals surface area contributed by atoms with Gasteiger partial charge in [-0.15, -0.1) is 0 Å². The van der Waals surface area contributed by atoms with Crippen LogP contribution in [0.1, 0.15) is 24.3 Å². The van der Waals surface area contributed by atoms with Gasteiger partial charge in [0.05, 0.1) is 16.3 Å². The number of halogens is 4. The Morgan fingerprint density at radius 2 is 2.11 bits per heavy atom. The van der Waals surface area contributed by atoms with E-state index in [0.717, 1.165) is 12.3 Å². The zero-order chi connectivity index (χ0) is 14.4. The molecule has 1 aliphatic rings. The Labute approximate surface area is 111 Å². The van der Waals surface area contributed by atoms with Crippen molar-refractivity contribution in [3.05, 3.63) is 39.8 Å². The topological polar surface area (TPSA) is 65.2 Å². The quantitative estimate of drug-likeness (QED) is 0.808. The van der Waals surface area contributed by atoms with Crippen LogP contribution in [-0.4, -0.2) is 11.0 Å². The van der Waals surface area contributed by atoms with Gasteiger partial charge < -0.3 is 10.5 Å². The van der Waals surface area contributed by atoms with Gasteiger partial charge in [0.2, 0.25) is 0 Å². The second-order valence-corrected chi connectivity index (χ2v) is 4.38. The first-order valence-electron chi connectivity index (χ1n) is 5.11. The van der Waals surface area contributed by atoms with Gasteiger partial charge in [0, 0.05) is 11.8 Å². The zero-order valence-corrected chi connectivity index (χ0v) is 10.3. The molecule has 0 saturated heterocycles. The fourth-order valence-corrected chi connectivity index (χ4v) is 1.87. The summed E-state index contributed by atoms with van der Waals surface area (Å²) in [5, 5.41) is -0.518. The summed E-state index contributed by atoms with van der Waals surface area (Å²) in [5.41, 5.74) is 4.54. The molecule has 102 valence electrons. The van der Waals surface area contributed by atoms with E-state index in [1.807, 2.05) is 0 Å². The maximum Gasteiger partial charge on any atom is 0.417 e. The molecule has 0 spiro atoms. The average molecular weight is 293 g/mol. The summed E-state index contributed by atoms with van der Waals surface area (Å²) in [6.07, 6.45) is -4.75. The number of rotatable bonds is 1. The van der Waals surface area contributed by atoms with Crippen LogP contribution in [0.2, 0.25) is 5.02 Å².